The monoisotopic (exact) mass is 305 g/mol. The van der Waals surface area contributed by atoms with E-state index in [-0.39, 0.29) is 15.9 Å². The summed E-state index contributed by atoms with van der Waals surface area (Å²) in [5.74, 6) is -1.55. The van der Waals surface area contributed by atoms with Crippen molar-refractivity contribution < 1.29 is 18.0 Å². The lowest BCUT2D eigenvalue weighted by Crippen LogP contribution is -2.35. The van der Waals surface area contributed by atoms with Gasteiger partial charge in [0.1, 0.15) is 0 Å². The zero-order chi connectivity index (χ0) is 14.3. The minimum Gasteiger partial charge on any atom is -0.337 e. The van der Waals surface area contributed by atoms with Crippen LogP contribution in [0.15, 0.2) is 0 Å². The number of hydrogen-bond acceptors (Lipinski definition) is 5. The average molecular weight is 305 g/mol. The van der Waals surface area contributed by atoms with Crippen molar-refractivity contribution in [3.63, 3.8) is 0 Å². The average Bonchev–Trinajstić information content (AvgIpc) is 2.97. The van der Waals surface area contributed by atoms with Crippen LogP contribution in [-0.2, 0) is 6.18 Å². The lowest BCUT2D eigenvalue weighted by atomic mass is 10.1. The Hall–Kier alpha value is -1.71. The van der Waals surface area contributed by atoms with Crippen molar-refractivity contribution in [2.45, 2.75) is 25.4 Å². The fourth-order valence-electron chi connectivity index (χ4n) is 2.11. The van der Waals surface area contributed by atoms with E-state index in [0.29, 0.717) is 17.6 Å². The molecule has 6 nitrogen and oxygen atoms in total. The van der Waals surface area contributed by atoms with Crippen LogP contribution in [0, 0.1) is 0 Å². The fourth-order valence-corrected chi connectivity index (χ4v) is 2.92. The van der Waals surface area contributed by atoms with Crippen molar-refractivity contribution in [2.24, 2.45) is 0 Å². The third kappa shape index (κ3) is 2.23. The highest BCUT2D eigenvalue weighted by Gasteiger charge is 2.38. The summed E-state index contributed by atoms with van der Waals surface area (Å²) >= 11 is 0.823. The Balaban J connectivity index is 1.93. The number of likely N-dealkylation sites (tertiary alicyclic amines) is 1. The molecule has 0 aromatic carbocycles. The Morgan fingerprint density at radius 2 is 1.85 bits per heavy atom. The van der Waals surface area contributed by atoms with E-state index >= 15 is 0 Å². The summed E-state index contributed by atoms with van der Waals surface area (Å²) in [7, 11) is 0. The summed E-state index contributed by atoms with van der Waals surface area (Å²) in [5.41, 5.74) is 0. The van der Waals surface area contributed by atoms with E-state index < -0.39 is 12.0 Å². The number of alkyl halides is 3. The van der Waals surface area contributed by atoms with Gasteiger partial charge in [-0.2, -0.15) is 17.7 Å². The number of fused-ring (bicyclic) bond motifs is 1. The van der Waals surface area contributed by atoms with Crippen molar-refractivity contribution in [1.82, 2.24) is 24.7 Å². The third-order valence-electron chi connectivity index (χ3n) is 3.07. The molecule has 2 aromatic rings. The molecule has 0 bridgehead atoms. The van der Waals surface area contributed by atoms with Gasteiger partial charge in [0.2, 0.25) is 9.97 Å². The van der Waals surface area contributed by atoms with Crippen molar-refractivity contribution in [3.05, 3.63) is 10.8 Å². The summed E-state index contributed by atoms with van der Waals surface area (Å²) in [6, 6.07) is 0. The standard InChI is InChI=1S/C10H10F3N5OS/c11-10(12,13)8-14-15-9-18(8)16-6(20-9)7(19)17-4-2-1-3-5-17/h1-5H2. The van der Waals surface area contributed by atoms with Gasteiger partial charge in [-0.05, 0) is 19.3 Å². The van der Waals surface area contributed by atoms with E-state index in [1.807, 2.05) is 0 Å². The number of aromatic nitrogens is 4. The topological polar surface area (TPSA) is 63.4 Å². The van der Waals surface area contributed by atoms with E-state index in [2.05, 4.69) is 15.3 Å². The number of carbonyl (C=O) groups is 1. The lowest BCUT2D eigenvalue weighted by molar-refractivity contribution is -0.146. The zero-order valence-electron chi connectivity index (χ0n) is 10.2. The second kappa shape index (κ2) is 4.69. The summed E-state index contributed by atoms with van der Waals surface area (Å²) in [4.78, 5) is 13.7. The first-order valence-corrected chi connectivity index (χ1v) is 6.87. The molecule has 1 aliphatic rings. The van der Waals surface area contributed by atoms with Crippen LogP contribution in [0.2, 0.25) is 0 Å². The number of nitrogens with zero attached hydrogens (tertiary/aromatic N) is 5. The molecule has 1 saturated heterocycles. The first kappa shape index (κ1) is 13.3. The smallest absolute Gasteiger partial charge is 0.337 e. The quantitative estimate of drug-likeness (QED) is 0.806. The molecular weight excluding hydrogens is 295 g/mol. The number of halogens is 3. The van der Waals surface area contributed by atoms with E-state index in [1.165, 1.54) is 0 Å². The minimum absolute atomic E-state index is 0.0160. The lowest BCUT2D eigenvalue weighted by Gasteiger charge is -2.25. The van der Waals surface area contributed by atoms with Gasteiger partial charge in [-0.1, -0.05) is 11.3 Å². The SMILES string of the molecule is O=C(c1nn2c(C(F)(F)F)nnc2s1)N1CCCCC1. The highest BCUT2D eigenvalue weighted by atomic mass is 32.1. The molecule has 0 atom stereocenters. The molecule has 1 aliphatic heterocycles. The molecule has 108 valence electrons. The maximum atomic E-state index is 12.7. The van der Waals surface area contributed by atoms with Crippen LogP contribution >= 0.6 is 11.3 Å². The van der Waals surface area contributed by atoms with Gasteiger partial charge in [0.05, 0.1) is 0 Å². The summed E-state index contributed by atoms with van der Waals surface area (Å²) in [6.07, 6.45) is -1.76. The van der Waals surface area contributed by atoms with Gasteiger partial charge in [0.25, 0.3) is 11.7 Å². The van der Waals surface area contributed by atoms with Gasteiger partial charge in [-0.15, -0.1) is 15.3 Å². The predicted molar refractivity (Wildman–Crippen MR) is 63.4 cm³/mol. The molecule has 0 N–H and O–H groups in total. The molecule has 1 fully saturated rings. The van der Waals surface area contributed by atoms with Crippen LogP contribution in [0.1, 0.15) is 34.9 Å². The predicted octanol–water partition coefficient (Wildman–Crippen LogP) is 1.83. The Labute approximate surface area is 115 Å². The van der Waals surface area contributed by atoms with Gasteiger partial charge in [0, 0.05) is 13.1 Å². The van der Waals surface area contributed by atoms with Gasteiger partial charge >= 0.3 is 6.18 Å². The highest BCUT2D eigenvalue weighted by Crippen LogP contribution is 2.29. The molecule has 3 heterocycles. The number of hydrogen-bond donors (Lipinski definition) is 0. The summed E-state index contributed by atoms with van der Waals surface area (Å²) in [5, 5.41) is 10.2. The van der Waals surface area contributed by atoms with Crippen molar-refractivity contribution in [3.8, 4) is 0 Å². The molecular formula is C10H10F3N5OS. The Morgan fingerprint density at radius 3 is 2.50 bits per heavy atom. The second-order valence-electron chi connectivity index (χ2n) is 4.48. The molecule has 20 heavy (non-hydrogen) atoms. The maximum absolute atomic E-state index is 12.7. The molecule has 0 unspecified atom stereocenters. The second-order valence-corrected chi connectivity index (χ2v) is 5.43. The van der Waals surface area contributed by atoms with Crippen LogP contribution < -0.4 is 0 Å². The van der Waals surface area contributed by atoms with Crippen LogP contribution in [0.25, 0.3) is 4.96 Å². The van der Waals surface area contributed by atoms with Crippen molar-refractivity contribution >= 4 is 22.2 Å². The Kier molecular flexibility index (Phi) is 3.11. The molecule has 0 aliphatic carbocycles. The molecule has 3 rings (SSSR count). The minimum atomic E-state index is -4.64. The van der Waals surface area contributed by atoms with E-state index in [1.54, 1.807) is 4.90 Å². The Bertz CT molecular complexity index is 643. The van der Waals surface area contributed by atoms with E-state index in [9.17, 15) is 18.0 Å². The van der Waals surface area contributed by atoms with Gasteiger partial charge in [-0.3, -0.25) is 4.79 Å². The summed E-state index contributed by atoms with van der Waals surface area (Å²) < 4.78 is 38.6. The first-order chi connectivity index (χ1) is 9.47. The number of amides is 1. The van der Waals surface area contributed by atoms with Crippen molar-refractivity contribution in [1.29, 1.82) is 0 Å². The zero-order valence-corrected chi connectivity index (χ0v) is 11.0. The van der Waals surface area contributed by atoms with Gasteiger partial charge < -0.3 is 4.90 Å². The number of carbonyl (C=O) groups excluding carboxylic acids is 1. The molecule has 10 heteroatoms. The molecule has 0 saturated carbocycles. The number of rotatable bonds is 1. The Morgan fingerprint density at radius 1 is 1.15 bits per heavy atom. The molecule has 2 aromatic heterocycles. The van der Waals surface area contributed by atoms with Crippen LogP contribution in [-0.4, -0.2) is 43.7 Å². The van der Waals surface area contributed by atoms with Crippen LogP contribution in [0.3, 0.4) is 0 Å². The molecule has 0 spiro atoms. The molecule has 0 radical (unpaired) electrons. The summed E-state index contributed by atoms with van der Waals surface area (Å²) in [6.45, 7) is 1.23. The third-order valence-corrected chi connectivity index (χ3v) is 3.96. The van der Waals surface area contributed by atoms with Crippen molar-refractivity contribution in [2.75, 3.05) is 13.1 Å². The van der Waals surface area contributed by atoms with Crippen LogP contribution in [0.5, 0.6) is 0 Å². The van der Waals surface area contributed by atoms with Gasteiger partial charge in [-0.25, -0.2) is 0 Å². The molecule has 1 amide bonds. The van der Waals surface area contributed by atoms with Gasteiger partial charge in [0.15, 0.2) is 0 Å². The fraction of sp³-hybridized carbons (Fsp3) is 0.600. The normalized spacial score (nSPS) is 16.9. The van der Waals surface area contributed by atoms with E-state index in [4.69, 9.17) is 0 Å². The maximum Gasteiger partial charge on any atom is 0.453 e. The van der Waals surface area contributed by atoms with Crippen LogP contribution in [0.4, 0.5) is 13.2 Å². The van der Waals surface area contributed by atoms with E-state index in [0.717, 1.165) is 30.6 Å². The number of piperidine rings is 1. The highest BCUT2D eigenvalue weighted by molar-refractivity contribution is 7.18. The first-order valence-electron chi connectivity index (χ1n) is 6.05. The largest absolute Gasteiger partial charge is 0.453 e.